The summed E-state index contributed by atoms with van der Waals surface area (Å²) < 4.78 is 0. The molecule has 102 valence electrons. The van der Waals surface area contributed by atoms with Crippen LogP contribution in [0.1, 0.15) is 39.0 Å². The van der Waals surface area contributed by atoms with E-state index in [2.05, 4.69) is 5.32 Å². The molecular formula is C13H23N3O2. The number of carbonyl (C=O) groups excluding carboxylic acids is 2. The van der Waals surface area contributed by atoms with Crippen molar-refractivity contribution in [1.29, 1.82) is 0 Å². The molecule has 0 spiro atoms. The van der Waals surface area contributed by atoms with Crippen molar-refractivity contribution in [2.75, 3.05) is 13.1 Å². The van der Waals surface area contributed by atoms with E-state index >= 15 is 0 Å². The number of rotatable bonds is 4. The molecule has 18 heavy (non-hydrogen) atoms. The second-order valence-corrected chi connectivity index (χ2v) is 5.55. The van der Waals surface area contributed by atoms with Crippen molar-refractivity contribution in [2.24, 2.45) is 11.7 Å². The Labute approximate surface area is 108 Å². The van der Waals surface area contributed by atoms with Crippen molar-refractivity contribution in [3.8, 4) is 0 Å². The van der Waals surface area contributed by atoms with Crippen molar-refractivity contribution < 1.29 is 9.59 Å². The predicted molar refractivity (Wildman–Crippen MR) is 68.7 cm³/mol. The van der Waals surface area contributed by atoms with Crippen LogP contribution in [-0.2, 0) is 9.59 Å². The van der Waals surface area contributed by atoms with E-state index in [9.17, 15) is 9.59 Å². The van der Waals surface area contributed by atoms with Gasteiger partial charge in [0.2, 0.25) is 11.8 Å². The Morgan fingerprint density at radius 2 is 1.89 bits per heavy atom. The number of likely N-dealkylation sites (tertiary alicyclic amines) is 1. The normalized spacial score (nSPS) is 22.7. The van der Waals surface area contributed by atoms with Gasteiger partial charge >= 0.3 is 0 Å². The Balaban J connectivity index is 1.67. The lowest BCUT2D eigenvalue weighted by Gasteiger charge is -2.31. The highest BCUT2D eigenvalue weighted by molar-refractivity contribution is 5.77. The fraction of sp³-hybridized carbons (Fsp3) is 0.846. The van der Waals surface area contributed by atoms with Crippen LogP contribution in [0.4, 0.5) is 0 Å². The van der Waals surface area contributed by atoms with Gasteiger partial charge in [0.05, 0.1) is 0 Å². The maximum Gasteiger partial charge on any atom is 0.221 e. The third kappa shape index (κ3) is 3.70. The molecule has 1 aliphatic heterocycles. The summed E-state index contributed by atoms with van der Waals surface area (Å²) in [5.41, 5.74) is 5.93. The topological polar surface area (TPSA) is 75.4 Å². The molecule has 1 unspecified atom stereocenters. The number of amides is 2. The summed E-state index contributed by atoms with van der Waals surface area (Å²) in [5.74, 6) is 0.751. The van der Waals surface area contributed by atoms with Gasteiger partial charge in [-0.1, -0.05) is 0 Å². The van der Waals surface area contributed by atoms with Gasteiger partial charge < -0.3 is 16.0 Å². The van der Waals surface area contributed by atoms with Gasteiger partial charge in [-0.25, -0.2) is 0 Å². The van der Waals surface area contributed by atoms with E-state index in [0.717, 1.165) is 25.9 Å². The van der Waals surface area contributed by atoms with E-state index in [0.29, 0.717) is 12.3 Å². The Morgan fingerprint density at radius 3 is 2.39 bits per heavy atom. The number of piperidine rings is 1. The first kappa shape index (κ1) is 13.3. The molecule has 3 N–H and O–H groups in total. The summed E-state index contributed by atoms with van der Waals surface area (Å²) in [7, 11) is 0. The van der Waals surface area contributed by atoms with Crippen LogP contribution in [0.25, 0.3) is 0 Å². The van der Waals surface area contributed by atoms with Crippen LogP contribution >= 0.6 is 0 Å². The van der Waals surface area contributed by atoms with Gasteiger partial charge in [0.25, 0.3) is 0 Å². The molecule has 2 aliphatic rings. The molecule has 1 saturated carbocycles. The first-order chi connectivity index (χ1) is 8.56. The largest absolute Gasteiger partial charge is 0.353 e. The van der Waals surface area contributed by atoms with Gasteiger partial charge in [0, 0.05) is 38.5 Å². The smallest absolute Gasteiger partial charge is 0.221 e. The quantitative estimate of drug-likeness (QED) is 0.753. The zero-order valence-electron chi connectivity index (χ0n) is 11.0. The van der Waals surface area contributed by atoms with E-state index in [1.54, 1.807) is 6.92 Å². The zero-order valence-corrected chi connectivity index (χ0v) is 11.0. The summed E-state index contributed by atoms with van der Waals surface area (Å²) >= 11 is 0. The maximum atomic E-state index is 11.8. The molecule has 5 heteroatoms. The first-order valence-corrected chi connectivity index (χ1v) is 6.86. The molecule has 2 fully saturated rings. The SMILES string of the molecule is CC(=O)N1CCC(NC(=O)CC(N)C2CC2)CC1. The molecule has 0 bridgehead atoms. The molecule has 0 aromatic rings. The monoisotopic (exact) mass is 253 g/mol. The van der Waals surface area contributed by atoms with E-state index in [1.807, 2.05) is 4.90 Å². The molecule has 1 atom stereocenters. The van der Waals surface area contributed by atoms with Gasteiger partial charge in [-0.2, -0.15) is 0 Å². The molecular weight excluding hydrogens is 230 g/mol. The van der Waals surface area contributed by atoms with Crippen molar-refractivity contribution >= 4 is 11.8 Å². The van der Waals surface area contributed by atoms with E-state index in [-0.39, 0.29) is 23.9 Å². The lowest BCUT2D eigenvalue weighted by Crippen LogP contribution is -2.47. The highest BCUT2D eigenvalue weighted by atomic mass is 16.2. The van der Waals surface area contributed by atoms with Crippen LogP contribution in [0.5, 0.6) is 0 Å². The molecule has 0 aromatic carbocycles. The molecule has 5 nitrogen and oxygen atoms in total. The average molecular weight is 253 g/mol. The van der Waals surface area contributed by atoms with E-state index in [4.69, 9.17) is 5.73 Å². The second-order valence-electron chi connectivity index (χ2n) is 5.55. The van der Waals surface area contributed by atoms with Gasteiger partial charge in [-0.15, -0.1) is 0 Å². The minimum atomic E-state index is 0.0299. The average Bonchev–Trinajstić information content (AvgIpc) is 3.13. The Bertz CT molecular complexity index is 320. The van der Waals surface area contributed by atoms with Gasteiger partial charge in [-0.3, -0.25) is 9.59 Å². The lowest BCUT2D eigenvalue weighted by atomic mass is 10.0. The fourth-order valence-corrected chi connectivity index (χ4v) is 2.53. The summed E-state index contributed by atoms with van der Waals surface area (Å²) in [6.07, 6.45) is 4.49. The fourth-order valence-electron chi connectivity index (χ4n) is 2.53. The number of nitrogens with two attached hydrogens (primary N) is 1. The van der Waals surface area contributed by atoms with Crippen LogP contribution < -0.4 is 11.1 Å². The zero-order chi connectivity index (χ0) is 13.1. The highest BCUT2D eigenvalue weighted by Crippen LogP contribution is 2.32. The number of hydrogen-bond acceptors (Lipinski definition) is 3. The predicted octanol–water partition coefficient (Wildman–Crippen LogP) is 0.241. The number of hydrogen-bond donors (Lipinski definition) is 2. The van der Waals surface area contributed by atoms with Crippen LogP contribution in [0, 0.1) is 5.92 Å². The third-order valence-corrected chi connectivity index (χ3v) is 3.95. The van der Waals surface area contributed by atoms with E-state index in [1.165, 1.54) is 12.8 Å². The standard InChI is InChI=1S/C13H23N3O2/c1-9(17)16-6-4-11(5-7-16)15-13(18)8-12(14)10-2-3-10/h10-12H,2-8,14H2,1H3,(H,15,18). The minimum Gasteiger partial charge on any atom is -0.353 e. The molecule has 2 amide bonds. The Hall–Kier alpha value is -1.10. The lowest BCUT2D eigenvalue weighted by molar-refractivity contribution is -0.130. The van der Waals surface area contributed by atoms with Gasteiger partial charge in [0.15, 0.2) is 0 Å². The Morgan fingerprint density at radius 1 is 1.28 bits per heavy atom. The maximum absolute atomic E-state index is 11.8. The third-order valence-electron chi connectivity index (χ3n) is 3.95. The van der Waals surface area contributed by atoms with Crippen molar-refractivity contribution in [1.82, 2.24) is 10.2 Å². The summed E-state index contributed by atoms with van der Waals surface area (Å²) in [5, 5.41) is 3.03. The number of nitrogens with zero attached hydrogens (tertiary/aromatic N) is 1. The number of nitrogens with one attached hydrogen (secondary N) is 1. The minimum absolute atomic E-state index is 0.0299. The molecule has 1 heterocycles. The van der Waals surface area contributed by atoms with Crippen LogP contribution in [0.15, 0.2) is 0 Å². The highest BCUT2D eigenvalue weighted by Gasteiger charge is 2.30. The molecule has 0 aromatic heterocycles. The molecule has 2 rings (SSSR count). The van der Waals surface area contributed by atoms with Crippen LogP contribution in [-0.4, -0.2) is 41.9 Å². The summed E-state index contributed by atoms with van der Waals surface area (Å²) in [6, 6.07) is 0.238. The van der Waals surface area contributed by atoms with Crippen molar-refractivity contribution in [2.45, 2.75) is 51.1 Å². The Kier molecular flexibility index (Phi) is 4.22. The van der Waals surface area contributed by atoms with Gasteiger partial charge in [0.1, 0.15) is 0 Å². The second kappa shape index (κ2) is 5.69. The van der Waals surface area contributed by atoms with E-state index < -0.39 is 0 Å². The molecule has 1 saturated heterocycles. The van der Waals surface area contributed by atoms with Crippen molar-refractivity contribution in [3.63, 3.8) is 0 Å². The summed E-state index contributed by atoms with van der Waals surface area (Å²) in [4.78, 5) is 24.8. The van der Waals surface area contributed by atoms with Crippen LogP contribution in [0.2, 0.25) is 0 Å². The number of carbonyl (C=O) groups is 2. The first-order valence-electron chi connectivity index (χ1n) is 6.86. The van der Waals surface area contributed by atoms with Gasteiger partial charge in [-0.05, 0) is 31.6 Å². The van der Waals surface area contributed by atoms with Crippen molar-refractivity contribution in [3.05, 3.63) is 0 Å². The van der Waals surface area contributed by atoms with Crippen LogP contribution in [0.3, 0.4) is 0 Å². The summed E-state index contributed by atoms with van der Waals surface area (Å²) in [6.45, 7) is 3.08. The molecule has 1 aliphatic carbocycles. The molecule has 0 radical (unpaired) electrons.